The maximum absolute atomic E-state index is 13.7. The van der Waals surface area contributed by atoms with E-state index in [1.54, 1.807) is 0 Å². The van der Waals surface area contributed by atoms with Crippen LogP contribution in [0.5, 0.6) is 0 Å². The Morgan fingerprint density at radius 3 is 2.38 bits per heavy atom. The summed E-state index contributed by atoms with van der Waals surface area (Å²) in [6.45, 7) is 0. The minimum absolute atomic E-state index is 0.145. The number of hydrogen-bond acceptors (Lipinski definition) is 7. The van der Waals surface area contributed by atoms with Crippen LogP contribution in [0.2, 0.25) is 0 Å². The van der Waals surface area contributed by atoms with E-state index in [2.05, 4.69) is 5.32 Å². The van der Waals surface area contributed by atoms with E-state index in [9.17, 15) is 37.6 Å². The van der Waals surface area contributed by atoms with Crippen LogP contribution < -0.4 is 5.32 Å². The fourth-order valence-electron chi connectivity index (χ4n) is 2.47. The topological polar surface area (TPSA) is 164 Å². The molecule has 0 aliphatic heterocycles. The van der Waals surface area contributed by atoms with Crippen LogP contribution in [0, 0.1) is 15.9 Å². The third-order valence-electron chi connectivity index (χ3n) is 3.82. The smallest absolute Gasteiger partial charge is 0.335 e. The van der Waals surface area contributed by atoms with Gasteiger partial charge in [0.1, 0.15) is 17.5 Å². The van der Waals surface area contributed by atoms with Crippen LogP contribution in [0.4, 0.5) is 15.8 Å². The highest BCUT2D eigenvalue weighted by Gasteiger charge is 2.29. The van der Waals surface area contributed by atoms with Gasteiger partial charge in [0.15, 0.2) is 9.84 Å². The van der Waals surface area contributed by atoms with Crippen molar-refractivity contribution in [1.82, 2.24) is 0 Å². The van der Waals surface area contributed by atoms with Gasteiger partial charge in [0.05, 0.1) is 22.0 Å². The van der Waals surface area contributed by atoms with Crippen LogP contribution >= 0.6 is 0 Å². The zero-order valence-corrected chi connectivity index (χ0v) is 15.4. The number of carbonyl (C=O) groups is 2. The van der Waals surface area contributed by atoms with Crippen molar-refractivity contribution in [3.8, 4) is 0 Å². The molecule has 0 aromatic heterocycles. The van der Waals surface area contributed by atoms with E-state index in [4.69, 9.17) is 5.11 Å². The molecule has 0 heterocycles. The molecule has 1 atom stereocenters. The summed E-state index contributed by atoms with van der Waals surface area (Å²) in [5.41, 5.74) is -1.65. The number of sulfone groups is 1. The Bertz CT molecular complexity index is 1070. The van der Waals surface area contributed by atoms with Gasteiger partial charge in [-0.1, -0.05) is 18.2 Å². The van der Waals surface area contributed by atoms with Crippen molar-refractivity contribution in [3.05, 3.63) is 69.5 Å². The summed E-state index contributed by atoms with van der Waals surface area (Å²) in [6.07, 6.45) is 0. The van der Waals surface area contributed by atoms with Gasteiger partial charge < -0.3 is 15.5 Å². The molecule has 0 unspecified atom stereocenters. The first kappa shape index (κ1) is 21.8. The molecule has 29 heavy (non-hydrogen) atoms. The number of nitro groups is 1. The number of carboxylic acid groups (broad SMARTS) is 2. The Hall–Kier alpha value is -3.54. The molecule has 2 aromatic carbocycles. The van der Waals surface area contributed by atoms with Gasteiger partial charge in [-0.05, 0) is 18.2 Å². The summed E-state index contributed by atoms with van der Waals surface area (Å²) < 4.78 is 38.4. The Morgan fingerprint density at radius 1 is 1.17 bits per heavy atom. The second kappa shape index (κ2) is 8.65. The molecule has 0 fully saturated rings. The van der Waals surface area contributed by atoms with Gasteiger partial charge in [0, 0.05) is 11.6 Å². The van der Waals surface area contributed by atoms with Crippen LogP contribution in [0.1, 0.15) is 15.9 Å². The lowest BCUT2D eigenvalue weighted by molar-refractivity contribution is -0.384. The minimum atomic E-state index is -4.12. The van der Waals surface area contributed by atoms with E-state index in [0.29, 0.717) is 0 Å². The molecular weight excluding hydrogens is 411 g/mol. The normalized spacial score (nSPS) is 12.2. The average Bonchev–Trinajstić information content (AvgIpc) is 2.62. The van der Waals surface area contributed by atoms with Crippen molar-refractivity contribution >= 4 is 33.2 Å². The number of benzene rings is 2. The summed E-state index contributed by atoms with van der Waals surface area (Å²) in [5.74, 6) is -5.55. The van der Waals surface area contributed by atoms with Gasteiger partial charge in [0.2, 0.25) is 0 Å². The third-order valence-corrected chi connectivity index (χ3v) is 5.42. The Balaban J connectivity index is 2.29. The number of nitrogens with one attached hydrogen (secondary N) is 1. The first-order valence-electron chi connectivity index (χ1n) is 7.95. The standard InChI is InChI=1S/C17H15FN2O8S/c18-12-4-2-1-3-11(12)8-29(27,28)9-14(17(23)24)19-13-6-5-10(16(21)22)7-15(13)20(25)26/h1-7,14,19H,8-9H2,(H,21,22)(H,23,24)/t14-/m1/s1. The molecule has 2 aromatic rings. The van der Waals surface area contributed by atoms with Gasteiger partial charge in [-0.3, -0.25) is 10.1 Å². The van der Waals surface area contributed by atoms with Crippen molar-refractivity contribution in [2.45, 2.75) is 11.8 Å². The van der Waals surface area contributed by atoms with E-state index < -0.39 is 61.3 Å². The lowest BCUT2D eigenvalue weighted by Crippen LogP contribution is -2.37. The highest BCUT2D eigenvalue weighted by Crippen LogP contribution is 2.27. The van der Waals surface area contributed by atoms with E-state index in [1.807, 2.05) is 0 Å². The predicted molar refractivity (Wildman–Crippen MR) is 99.0 cm³/mol. The summed E-state index contributed by atoms with van der Waals surface area (Å²) in [6, 6.07) is 6.00. The lowest BCUT2D eigenvalue weighted by atomic mass is 10.1. The minimum Gasteiger partial charge on any atom is -0.480 e. The number of aromatic carboxylic acids is 1. The molecule has 0 radical (unpaired) electrons. The fourth-order valence-corrected chi connectivity index (χ4v) is 4.03. The van der Waals surface area contributed by atoms with Gasteiger partial charge in [-0.2, -0.15) is 0 Å². The van der Waals surface area contributed by atoms with Crippen molar-refractivity contribution in [2.75, 3.05) is 11.1 Å². The van der Waals surface area contributed by atoms with Crippen molar-refractivity contribution < 1.29 is 37.5 Å². The van der Waals surface area contributed by atoms with Gasteiger partial charge >= 0.3 is 11.9 Å². The molecule has 0 saturated heterocycles. The molecule has 0 spiro atoms. The van der Waals surface area contributed by atoms with Crippen LogP contribution in [-0.4, -0.2) is 47.3 Å². The van der Waals surface area contributed by atoms with Gasteiger partial charge in [-0.25, -0.2) is 22.4 Å². The van der Waals surface area contributed by atoms with Crippen LogP contribution in [0.25, 0.3) is 0 Å². The first-order chi connectivity index (χ1) is 13.5. The highest BCUT2D eigenvalue weighted by atomic mass is 32.2. The maximum atomic E-state index is 13.7. The molecule has 0 saturated carbocycles. The van der Waals surface area contributed by atoms with Crippen molar-refractivity contribution in [1.29, 1.82) is 0 Å². The maximum Gasteiger partial charge on any atom is 0.335 e. The summed E-state index contributed by atoms with van der Waals surface area (Å²) in [5, 5.41) is 31.7. The molecule has 12 heteroatoms. The number of nitrogens with zero attached hydrogens (tertiary/aromatic N) is 1. The molecule has 0 aliphatic rings. The molecule has 10 nitrogen and oxygen atoms in total. The lowest BCUT2D eigenvalue weighted by Gasteiger charge is -2.16. The molecule has 154 valence electrons. The quantitative estimate of drug-likeness (QED) is 0.401. The van der Waals surface area contributed by atoms with Crippen LogP contribution in [0.3, 0.4) is 0 Å². The number of aliphatic carboxylic acids is 1. The zero-order chi connectivity index (χ0) is 21.8. The number of carboxylic acids is 2. The van der Waals surface area contributed by atoms with E-state index in [0.717, 1.165) is 24.3 Å². The van der Waals surface area contributed by atoms with Crippen LogP contribution in [-0.2, 0) is 20.4 Å². The summed E-state index contributed by atoms with van der Waals surface area (Å²) in [7, 11) is -4.12. The van der Waals surface area contributed by atoms with E-state index in [1.165, 1.54) is 18.2 Å². The second-order valence-electron chi connectivity index (χ2n) is 5.98. The second-order valence-corrected chi connectivity index (χ2v) is 8.08. The van der Waals surface area contributed by atoms with Crippen molar-refractivity contribution in [2.24, 2.45) is 0 Å². The number of rotatable bonds is 9. The van der Waals surface area contributed by atoms with Gasteiger partial charge in [0.25, 0.3) is 5.69 Å². The monoisotopic (exact) mass is 426 g/mol. The zero-order valence-electron chi connectivity index (χ0n) is 14.6. The Labute approximate surface area is 163 Å². The summed E-state index contributed by atoms with van der Waals surface area (Å²) in [4.78, 5) is 32.7. The first-order valence-corrected chi connectivity index (χ1v) is 9.77. The highest BCUT2D eigenvalue weighted by molar-refractivity contribution is 7.90. The number of halogens is 1. The third kappa shape index (κ3) is 5.72. The number of nitro benzene ring substituents is 1. The molecule has 3 N–H and O–H groups in total. The SMILES string of the molecule is O=C(O)c1ccc(N[C@H](CS(=O)(=O)Cc2ccccc2F)C(=O)O)c([N+](=O)[O-])c1. The molecule has 0 amide bonds. The van der Waals surface area contributed by atoms with Crippen molar-refractivity contribution in [3.63, 3.8) is 0 Å². The molecular formula is C17H15FN2O8S. The largest absolute Gasteiger partial charge is 0.480 e. The predicted octanol–water partition coefficient (Wildman–Crippen LogP) is 1.91. The molecule has 0 bridgehead atoms. The molecule has 2 rings (SSSR count). The van der Waals surface area contributed by atoms with Crippen LogP contribution in [0.15, 0.2) is 42.5 Å². The van der Waals surface area contributed by atoms with E-state index in [-0.39, 0.29) is 11.3 Å². The molecule has 0 aliphatic carbocycles. The summed E-state index contributed by atoms with van der Waals surface area (Å²) >= 11 is 0. The fraction of sp³-hybridized carbons (Fsp3) is 0.176. The number of anilines is 1. The Morgan fingerprint density at radius 2 is 1.83 bits per heavy atom. The van der Waals surface area contributed by atoms with E-state index >= 15 is 0 Å². The average molecular weight is 426 g/mol. The Kier molecular flexibility index (Phi) is 6.49. The van der Waals surface area contributed by atoms with Gasteiger partial charge in [-0.15, -0.1) is 0 Å². The number of hydrogen-bond donors (Lipinski definition) is 3.